The van der Waals surface area contributed by atoms with Crippen LogP contribution in [0.3, 0.4) is 0 Å². The molecule has 0 aliphatic carbocycles. The van der Waals surface area contributed by atoms with Gasteiger partial charge in [-0.15, -0.1) is 0 Å². The molecule has 3 rings (SSSR count). The molecule has 4 heteroatoms. The number of carbonyl (C=O) groups is 1. The van der Waals surface area contributed by atoms with E-state index >= 15 is 0 Å². The Hall–Kier alpha value is -1.71. The van der Waals surface area contributed by atoms with Gasteiger partial charge in [0.1, 0.15) is 11.5 Å². The monoisotopic (exact) mass is 219 g/mol. The lowest BCUT2D eigenvalue weighted by Crippen LogP contribution is -2.28. The second-order valence-corrected chi connectivity index (χ2v) is 4.22. The van der Waals surface area contributed by atoms with Crippen molar-refractivity contribution >= 4 is 5.91 Å². The number of rotatable bonds is 1. The van der Waals surface area contributed by atoms with Gasteiger partial charge in [-0.2, -0.15) is 0 Å². The summed E-state index contributed by atoms with van der Waals surface area (Å²) >= 11 is 0. The zero-order valence-corrected chi connectivity index (χ0v) is 9.03. The summed E-state index contributed by atoms with van der Waals surface area (Å²) in [4.78, 5) is 11.4. The number of hydrogen-bond acceptors (Lipinski definition) is 3. The highest BCUT2D eigenvalue weighted by atomic mass is 16.5. The highest BCUT2D eigenvalue weighted by molar-refractivity contribution is 5.80. The van der Waals surface area contributed by atoms with Gasteiger partial charge >= 0.3 is 0 Å². The van der Waals surface area contributed by atoms with Gasteiger partial charge in [-0.1, -0.05) is 0 Å². The fourth-order valence-electron chi connectivity index (χ4n) is 2.42. The topological polar surface area (TPSA) is 47.6 Å². The van der Waals surface area contributed by atoms with Crippen LogP contribution in [0.1, 0.15) is 18.0 Å². The first kappa shape index (κ1) is 9.51. The molecule has 1 aromatic rings. The standard InChI is InChI=1S/C12H13NO3/c1-15-8-2-3-10-9(5-8)12-7(6-16-10)4-11(14)13-12/h2-3,5,7,12H,4,6H2,1H3,(H,13,14)/t7-,12+/m1/s1. The van der Waals surface area contributed by atoms with E-state index in [0.717, 1.165) is 17.1 Å². The lowest BCUT2D eigenvalue weighted by Gasteiger charge is -2.28. The van der Waals surface area contributed by atoms with Crippen LogP contribution in [0.4, 0.5) is 0 Å². The lowest BCUT2D eigenvalue weighted by molar-refractivity contribution is -0.119. The van der Waals surface area contributed by atoms with E-state index in [1.807, 2.05) is 18.2 Å². The van der Waals surface area contributed by atoms with E-state index in [0.29, 0.717) is 13.0 Å². The molecular weight excluding hydrogens is 206 g/mol. The van der Waals surface area contributed by atoms with Crippen LogP contribution >= 0.6 is 0 Å². The molecule has 1 amide bonds. The smallest absolute Gasteiger partial charge is 0.220 e. The highest BCUT2D eigenvalue weighted by Crippen LogP contribution is 2.41. The van der Waals surface area contributed by atoms with Gasteiger partial charge in [0.25, 0.3) is 0 Å². The van der Waals surface area contributed by atoms with Crippen molar-refractivity contribution in [1.29, 1.82) is 0 Å². The van der Waals surface area contributed by atoms with Crippen molar-refractivity contribution in [2.24, 2.45) is 5.92 Å². The number of hydrogen-bond donors (Lipinski definition) is 1. The highest BCUT2D eigenvalue weighted by Gasteiger charge is 2.38. The van der Waals surface area contributed by atoms with Crippen molar-refractivity contribution < 1.29 is 14.3 Å². The Morgan fingerprint density at radius 1 is 1.50 bits per heavy atom. The second kappa shape index (κ2) is 3.40. The Labute approximate surface area is 93.5 Å². The van der Waals surface area contributed by atoms with Gasteiger partial charge in [-0.05, 0) is 18.2 Å². The summed E-state index contributed by atoms with van der Waals surface area (Å²) in [5.41, 5.74) is 1.03. The average molecular weight is 219 g/mol. The van der Waals surface area contributed by atoms with E-state index in [4.69, 9.17) is 9.47 Å². The van der Waals surface area contributed by atoms with Crippen LogP contribution in [-0.4, -0.2) is 19.6 Å². The quantitative estimate of drug-likeness (QED) is 0.773. The Morgan fingerprint density at radius 2 is 2.38 bits per heavy atom. The Kier molecular flexibility index (Phi) is 2.02. The van der Waals surface area contributed by atoms with Crippen molar-refractivity contribution in [2.75, 3.05) is 13.7 Å². The van der Waals surface area contributed by atoms with Gasteiger partial charge in [0.2, 0.25) is 5.91 Å². The van der Waals surface area contributed by atoms with Gasteiger partial charge in [0.15, 0.2) is 0 Å². The number of amides is 1. The third-order valence-electron chi connectivity index (χ3n) is 3.24. The minimum absolute atomic E-state index is 0.0892. The third-order valence-corrected chi connectivity index (χ3v) is 3.24. The second-order valence-electron chi connectivity index (χ2n) is 4.22. The van der Waals surface area contributed by atoms with Crippen LogP contribution in [0.2, 0.25) is 0 Å². The van der Waals surface area contributed by atoms with Crippen molar-refractivity contribution in [3.05, 3.63) is 23.8 Å². The number of carbonyl (C=O) groups excluding carboxylic acids is 1. The molecule has 0 aromatic heterocycles. The summed E-state index contributed by atoms with van der Waals surface area (Å²) in [7, 11) is 1.64. The molecule has 1 aromatic carbocycles. The summed E-state index contributed by atoms with van der Waals surface area (Å²) in [5, 5.41) is 2.99. The van der Waals surface area contributed by atoms with E-state index < -0.39 is 0 Å². The molecular formula is C12H13NO3. The van der Waals surface area contributed by atoms with Gasteiger partial charge in [-0.3, -0.25) is 4.79 Å². The van der Waals surface area contributed by atoms with Crippen LogP contribution in [0.15, 0.2) is 18.2 Å². The maximum absolute atomic E-state index is 11.4. The molecule has 2 atom stereocenters. The molecule has 2 aliphatic rings. The van der Waals surface area contributed by atoms with E-state index in [9.17, 15) is 4.79 Å². The zero-order valence-electron chi connectivity index (χ0n) is 9.03. The maximum Gasteiger partial charge on any atom is 0.220 e. The van der Waals surface area contributed by atoms with E-state index in [1.165, 1.54) is 0 Å². The summed E-state index contributed by atoms with van der Waals surface area (Å²) in [6, 6.07) is 5.80. The first-order valence-corrected chi connectivity index (χ1v) is 5.38. The summed E-state index contributed by atoms with van der Waals surface area (Å²) in [6.45, 7) is 0.614. The minimum Gasteiger partial charge on any atom is -0.497 e. The molecule has 2 aliphatic heterocycles. The van der Waals surface area contributed by atoms with Gasteiger partial charge in [0, 0.05) is 17.9 Å². The number of methoxy groups -OCH3 is 1. The average Bonchev–Trinajstić information content (AvgIpc) is 2.69. The number of fused-ring (bicyclic) bond motifs is 3. The molecule has 0 bridgehead atoms. The molecule has 84 valence electrons. The molecule has 1 saturated heterocycles. The van der Waals surface area contributed by atoms with Crippen LogP contribution in [0.25, 0.3) is 0 Å². The molecule has 1 fully saturated rings. The number of nitrogens with one attached hydrogen (secondary N) is 1. The Bertz CT molecular complexity index is 444. The largest absolute Gasteiger partial charge is 0.497 e. The maximum atomic E-state index is 11.4. The summed E-state index contributed by atoms with van der Waals surface area (Å²) in [6.07, 6.45) is 0.557. The molecule has 1 N–H and O–H groups in total. The van der Waals surface area contributed by atoms with Crippen LogP contribution in [0, 0.1) is 5.92 Å². The summed E-state index contributed by atoms with van der Waals surface area (Å²) in [5.74, 6) is 2.01. The zero-order chi connectivity index (χ0) is 11.1. The Balaban J connectivity index is 2.03. The van der Waals surface area contributed by atoms with Crippen LogP contribution in [-0.2, 0) is 4.79 Å². The lowest BCUT2D eigenvalue weighted by atomic mass is 9.92. The molecule has 4 nitrogen and oxygen atoms in total. The van der Waals surface area contributed by atoms with Gasteiger partial charge in [0.05, 0.1) is 19.8 Å². The minimum atomic E-state index is 0.0892. The molecule has 0 saturated carbocycles. The fraction of sp³-hybridized carbons (Fsp3) is 0.417. The molecule has 0 radical (unpaired) electrons. The van der Waals surface area contributed by atoms with Crippen molar-refractivity contribution in [3.8, 4) is 11.5 Å². The number of benzene rings is 1. The third kappa shape index (κ3) is 1.33. The van der Waals surface area contributed by atoms with E-state index in [-0.39, 0.29) is 17.9 Å². The number of ether oxygens (including phenoxy) is 2. The van der Waals surface area contributed by atoms with Crippen molar-refractivity contribution in [2.45, 2.75) is 12.5 Å². The van der Waals surface area contributed by atoms with E-state index in [2.05, 4.69) is 5.32 Å². The van der Waals surface area contributed by atoms with Crippen molar-refractivity contribution in [3.63, 3.8) is 0 Å². The van der Waals surface area contributed by atoms with Crippen molar-refractivity contribution in [1.82, 2.24) is 5.32 Å². The Morgan fingerprint density at radius 3 is 3.19 bits per heavy atom. The first-order chi connectivity index (χ1) is 7.78. The van der Waals surface area contributed by atoms with Crippen LogP contribution in [0.5, 0.6) is 11.5 Å². The SMILES string of the molecule is COc1ccc2c(c1)[C@H]1NC(=O)C[C@@H]1CO2. The van der Waals surface area contributed by atoms with Gasteiger partial charge < -0.3 is 14.8 Å². The predicted molar refractivity (Wildman–Crippen MR) is 57.5 cm³/mol. The fourth-order valence-corrected chi connectivity index (χ4v) is 2.42. The molecule has 0 spiro atoms. The molecule has 2 heterocycles. The summed E-state index contributed by atoms with van der Waals surface area (Å²) < 4.78 is 10.8. The normalized spacial score (nSPS) is 26.4. The molecule has 0 unspecified atom stereocenters. The van der Waals surface area contributed by atoms with Gasteiger partial charge in [-0.25, -0.2) is 0 Å². The predicted octanol–water partition coefficient (Wildman–Crippen LogP) is 1.26. The van der Waals surface area contributed by atoms with Crippen LogP contribution < -0.4 is 14.8 Å². The molecule has 16 heavy (non-hydrogen) atoms. The first-order valence-electron chi connectivity index (χ1n) is 5.38. The van der Waals surface area contributed by atoms with E-state index in [1.54, 1.807) is 7.11 Å².